The van der Waals surface area contributed by atoms with Crippen LogP contribution in [0.25, 0.3) is 0 Å². The average molecular weight is 338 g/mol. The number of benzene rings is 1. The fourth-order valence-electron chi connectivity index (χ4n) is 3.71. The topological polar surface area (TPSA) is 30.5 Å². The molecule has 0 amide bonds. The van der Waals surface area contributed by atoms with Gasteiger partial charge in [-0.2, -0.15) is 0 Å². The van der Waals surface area contributed by atoms with Gasteiger partial charge in [0.05, 0.1) is 17.7 Å². The zero-order chi connectivity index (χ0) is 13.5. The molecule has 0 spiro atoms. The summed E-state index contributed by atoms with van der Waals surface area (Å²) in [7, 11) is 0. The Bertz CT molecular complexity index is 503. The van der Waals surface area contributed by atoms with E-state index < -0.39 is 0 Å². The predicted molar refractivity (Wildman–Crippen MR) is 81.9 cm³/mol. The number of piperidine rings is 1. The lowest BCUT2D eigenvalue weighted by Crippen LogP contribution is -2.35. The molecule has 1 fully saturated rings. The van der Waals surface area contributed by atoms with E-state index in [1.54, 1.807) is 0 Å². The second kappa shape index (κ2) is 5.23. The van der Waals surface area contributed by atoms with Gasteiger partial charge in [-0.05, 0) is 41.7 Å². The lowest BCUT2D eigenvalue weighted by atomic mass is 9.91. The van der Waals surface area contributed by atoms with Crippen molar-refractivity contribution < 1.29 is 9.47 Å². The highest BCUT2D eigenvalue weighted by atomic mass is 79.9. The van der Waals surface area contributed by atoms with Gasteiger partial charge in [-0.25, -0.2) is 0 Å². The van der Waals surface area contributed by atoms with Crippen molar-refractivity contribution in [3.8, 4) is 11.5 Å². The van der Waals surface area contributed by atoms with E-state index in [4.69, 9.17) is 9.47 Å². The minimum atomic E-state index is 0.600. The summed E-state index contributed by atoms with van der Waals surface area (Å²) in [4.78, 5) is 0. The first kappa shape index (κ1) is 13.0. The zero-order valence-corrected chi connectivity index (χ0v) is 13.2. The second-order valence-electron chi connectivity index (χ2n) is 5.96. The van der Waals surface area contributed by atoms with Gasteiger partial charge in [-0.15, -0.1) is 0 Å². The molecule has 4 rings (SSSR count). The van der Waals surface area contributed by atoms with Crippen LogP contribution in [0.15, 0.2) is 4.47 Å². The van der Waals surface area contributed by atoms with Gasteiger partial charge in [-0.3, -0.25) is 0 Å². The first-order valence-electron chi connectivity index (χ1n) is 7.69. The lowest BCUT2D eigenvalue weighted by molar-refractivity contribution is 0.346. The zero-order valence-electron chi connectivity index (χ0n) is 11.6. The fraction of sp³-hybridized carbons (Fsp3) is 0.625. The molecule has 3 aliphatic heterocycles. The van der Waals surface area contributed by atoms with E-state index in [0.29, 0.717) is 6.04 Å². The van der Waals surface area contributed by atoms with E-state index >= 15 is 0 Å². The molecular formula is C16H20BrNO2. The molecule has 1 atom stereocenters. The monoisotopic (exact) mass is 337 g/mol. The van der Waals surface area contributed by atoms with E-state index in [0.717, 1.165) is 55.0 Å². The van der Waals surface area contributed by atoms with Crippen LogP contribution in [-0.4, -0.2) is 25.8 Å². The number of nitrogens with one attached hydrogen (secondary N) is 1. The van der Waals surface area contributed by atoms with E-state index in [1.165, 1.54) is 36.0 Å². The summed E-state index contributed by atoms with van der Waals surface area (Å²) >= 11 is 3.72. The molecular weight excluding hydrogens is 318 g/mol. The van der Waals surface area contributed by atoms with Gasteiger partial charge >= 0.3 is 0 Å². The molecule has 1 aromatic carbocycles. The molecule has 3 aliphatic rings. The summed E-state index contributed by atoms with van der Waals surface area (Å²) in [6.07, 6.45) is 7.04. The molecule has 1 unspecified atom stereocenters. The van der Waals surface area contributed by atoms with Crippen molar-refractivity contribution in [1.29, 1.82) is 0 Å². The van der Waals surface area contributed by atoms with E-state index in [-0.39, 0.29) is 0 Å². The molecule has 4 heteroatoms. The highest BCUT2D eigenvalue weighted by Crippen LogP contribution is 2.47. The van der Waals surface area contributed by atoms with Crippen molar-refractivity contribution >= 4 is 15.9 Å². The first-order valence-corrected chi connectivity index (χ1v) is 8.49. The molecule has 0 aliphatic carbocycles. The summed E-state index contributed by atoms with van der Waals surface area (Å²) in [5.41, 5.74) is 4.11. The Kier molecular flexibility index (Phi) is 3.39. The van der Waals surface area contributed by atoms with E-state index in [2.05, 4.69) is 21.2 Å². The Morgan fingerprint density at radius 3 is 2.65 bits per heavy atom. The normalized spacial score (nSPS) is 23.9. The Labute approximate surface area is 128 Å². The van der Waals surface area contributed by atoms with Crippen LogP contribution in [0.4, 0.5) is 0 Å². The minimum absolute atomic E-state index is 0.600. The molecule has 1 N–H and O–H groups in total. The maximum atomic E-state index is 5.96. The summed E-state index contributed by atoms with van der Waals surface area (Å²) in [6.45, 7) is 2.77. The third-order valence-electron chi connectivity index (χ3n) is 4.71. The number of ether oxygens (including phenoxy) is 2. The Hall–Kier alpha value is -0.740. The number of hydrogen-bond donors (Lipinski definition) is 1. The molecule has 0 radical (unpaired) electrons. The van der Waals surface area contributed by atoms with Gasteiger partial charge in [0.1, 0.15) is 11.5 Å². The molecule has 0 bridgehead atoms. The summed E-state index contributed by atoms with van der Waals surface area (Å²) < 4.78 is 13.0. The largest absolute Gasteiger partial charge is 0.493 e. The van der Waals surface area contributed by atoms with Crippen LogP contribution in [0.2, 0.25) is 0 Å². The molecule has 3 nitrogen and oxygen atoms in total. The van der Waals surface area contributed by atoms with Crippen molar-refractivity contribution in [2.75, 3.05) is 19.8 Å². The highest BCUT2D eigenvalue weighted by molar-refractivity contribution is 9.10. The molecule has 1 aromatic rings. The summed E-state index contributed by atoms with van der Waals surface area (Å²) in [6, 6.07) is 0.600. The quantitative estimate of drug-likeness (QED) is 0.899. The third kappa shape index (κ3) is 2.04. The maximum absolute atomic E-state index is 5.96. The van der Waals surface area contributed by atoms with E-state index in [9.17, 15) is 0 Å². The maximum Gasteiger partial charge on any atom is 0.137 e. The van der Waals surface area contributed by atoms with Crippen molar-refractivity contribution in [3.63, 3.8) is 0 Å². The third-order valence-corrected chi connectivity index (χ3v) is 5.55. The van der Waals surface area contributed by atoms with Crippen molar-refractivity contribution in [3.05, 3.63) is 21.2 Å². The molecule has 108 valence electrons. The fourth-order valence-corrected chi connectivity index (χ4v) is 4.44. The van der Waals surface area contributed by atoms with Crippen LogP contribution in [0, 0.1) is 0 Å². The van der Waals surface area contributed by atoms with Crippen LogP contribution < -0.4 is 14.8 Å². The van der Waals surface area contributed by atoms with Gasteiger partial charge in [0.15, 0.2) is 0 Å². The van der Waals surface area contributed by atoms with Gasteiger partial charge in [0.25, 0.3) is 0 Å². The minimum Gasteiger partial charge on any atom is -0.493 e. The van der Waals surface area contributed by atoms with Gasteiger partial charge in [0.2, 0.25) is 0 Å². The highest BCUT2D eigenvalue weighted by Gasteiger charge is 2.31. The predicted octanol–water partition coefficient (Wildman–Crippen LogP) is 3.00. The number of hydrogen-bond acceptors (Lipinski definition) is 3. The molecule has 0 saturated carbocycles. The van der Waals surface area contributed by atoms with Crippen molar-refractivity contribution in [1.82, 2.24) is 5.32 Å². The van der Waals surface area contributed by atoms with Gasteiger partial charge in [-0.1, -0.05) is 6.42 Å². The number of fused-ring (bicyclic) bond motifs is 2. The van der Waals surface area contributed by atoms with Gasteiger partial charge < -0.3 is 14.8 Å². The Morgan fingerprint density at radius 2 is 1.85 bits per heavy atom. The molecule has 3 heterocycles. The van der Waals surface area contributed by atoms with Crippen LogP contribution in [-0.2, 0) is 19.3 Å². The van der Waals surface area contributed by atoms with Crippen molar-refractivity contribution in [2.24, 2.45) is 0 Å². The molecule has 0 aromatic heterocycles. The van der Waals surface area contributed by atoms with Gasteiger partial charge in [0, 0.05) is 35.6 Å². The Morgan fingerprint density at radius 1 is 1.05 bits per heavy atom. The Balaban J connectivity index is 1.74. The molecule has 1 saturated heterocycles. The number of rotatable bonds is 2. The van der Waals surface area contributed by atoms with Crippen molar-refractivity contribution in [2.45, 2.75) is 44.6 Å². The first-order chi connectivity index (χ1) is 9.84. The lowest BCUT2D eigenvalue weighted by Gasteiger charge is -2.25. The summed E-state index contributed by atoms with van der Waals surface area (Å²) in [5, 5.41) is 3.66. The van der Waals surface area contributed by atoms with Crippen LogP contribution in [0.1, 0.15) is 36.0 Å². The second-order valence-corrected chi connectivity index (χ2v) is 6.75. The van der Waals surface area contributed by atoms with Crippen LogP contribution >= 0.6 is 15.9 Å². The standard InChI is InChI=1S/C16H20BrNO2/c17-14-12-5-8-19-15(12)13(11-4-7-20-16(11)14)9-10-3-1-2-6-18-10/h10,18H,1-9H2. The van der Waals surface area contributed by atoms with E-state index in [1.807, 2.05) is 0 Å². The molecule has 20 heavy (non-hydrogen) atoms. The number of halogens is 1. The summed E-state index contributed by atoms with van der Waals surface area (Å²) in [5.74, 6) is 2.23. The van der Waals surface area contributed by atoms with Crippen LogP contribution in [0.3, 0.4) is 0 Å². The SMILES string of the molecule is Brc1c2c(c(CC3CCCCN3)c3c1OCC3)OCC2. The average Bonchev–Trinajstić information content (AvgIpc) is 3.14. The smallest absolute Gasteiger partial charge is 0.137 e. The van der Waals surface area contributed by atoms with Crippen LogP contribution in [0.5, 0.6) is 11.5 Å².